The van der Waals surface area contributed by atoms with Crippen molar-refractivity contribution in [2.75, 3.05) is 6.54 Å². The predicted octanol–water partition coefficient (Wildman–Crippen LogP) is 7.74. The molecule has 4 aromatic carbocycles. The molecule has 0 saturated heterocycles. The fourth-order valence-corrected chi connectivity index (χ4v) is 7.00. The maximum Gasteiger partial charge on any atom is 0.485 e. The lowest BCUT2D eigenvalue weighted by Crippen LogP contribution is -2.43. The molecule has 0 unspecified atom stereocenters. The molecule has 2 aliphatic carbocycles. The molecule has 258 valence electrons. The van der Waals surface area contributed by atoms with E-state index in [-0.39, 0.29) is 5.91 Å². The van der Waals surface area contributed by atoms with Crippen LogP contribution in [0.4, 0.5) is 13.2 Å². The second kappa shape index (κ2) is 14.6. The van der Waals surface area contributed by atoms with E-state index in [2.05, 4.69) is 88.7 Å². The van der Waals surface area contributed by atoms with Crippen molar-refractivity contribution in [3.05, 3.63) is 137 Å². The Kier molecular flexibility index (Phi) is 10.2. The average molecular weight is 699 g/mol. The van der Waals surface area contributed by atoms with Gasteiger partial charge in [-0.3, -0.25) is 4.79 Å². The van der Waals surface area contributed by atoms with Crippen LogP contribution in [0.1, 0.15) is 51.0 Å². The van der Waals surface area contributed by atoms with Crippen LogP contribution in [-0.4, -0.2) is 30.9 Å². The summed E-state index contributed by atoms with van der Waals surface area (Å²) in [5.41, 5.74) is 10.4. The highest BCUT2D eigenvalue weighted by atomic mass is 32.2. The summed E-state index contributed by atoms with van der Waals surface area (Å²) in [7, 11) is -6.09. The van der Waals surface area contributed by atoms with Crippen LogP contribution in [0.25, 0.3) is 33.6 Å². The number of aryl methyl sites for hydroxylation is 3. The SMILES string of the molecule is Cc1ccc(C(=O)NCCCC[n+]2c3c(c(-c4ccccc4)c4c2-c2ccccc2CC4)CCc2ccccc2-3)cc1.O=S(=O)([O-])C(F)(F)F. The Labute approximate surface area is 290 Å². The average Bonchev–Trinajstić information content (AvgIpc) is 3.10. The molecule has 1 N–H and O–H groups in total. The van der Waals surface area contributed by atoms with Gasteiger partial charge in [0.25, 0.3) is 5.91 Å². The van der Waals surface area contributed by atoms with Crippen molar-refractivity contribution in [2.24, 2.45) is 0 Å². The maximum absolute atomic E-state index is 12.7. The highest BCUT2D eigenvalue weighted by Crippen LogP contribution is 2.44. The molecule has 1 aromatic heterocycles. The lowest BCUT2D eigenvalue weighted by atomic mass is 9.77. The van der Waals surface area contributed by atoms with Crippen LogP contribution in [-0.2, 0) is 42.3 Å². The molecule has 0 spiro atoms. The Hall–Kier alpha value is -4.80. The summed E-state index contributed by atoms with van der Waals surface area (Å²) in [6, 6.07) is 36.8. The number of hydrogen-bond donors (Lipinski definition) is 1. The zero-order chi connectivity index (χ0) is 35.5. The number of nitrogens with zero attached hydrogens (tertiary/aromatic N) is 1. The van der Waals surface area contributed by atoms with Crippen molar-refractivity contribution in [1.29, 1.82) is 0 Å². The molecule has 0 saturated carbocycles. The molecule has 0 radical (unpaired) electrons. The summed E-state index contributed by atoms with van der Waals surface area (Å²) >= 11 is 0. The maximum atomic E-state index is 12.7. The number of halogens is 3. The normalized spacial score (nSPS) is 13.1. The largest absolute Gasteiger partial charge is 0.741 e. The van der Waals surface area contributed by atoms with Crippen LogP contribution >= 0.6 is 0 Å². The third kappa shape index (κ3) is 7.37. The number of amides is 1. The minimum Gasteiger partial charge on any atom is -0.741 e. The van der Waals surface area contributed by atoms with E-state index in [9.17, 15) is 18.0 Å². The molecule has 1 heterocycles. The molecule has 0 bridgehead atoms. The molecule has 0 aliphatic heterocycles. The number of benzene rings is 4. The van der Waals surface area contributed by atoms with Gasteiger partial charge >= 0.3 is 5.51 Å². The molecule has 6 nitrogen and oxygen atoms in total. The van der Waals surface area contributed by atoms with Gasteiger partial charge in [-0.1, -0.05) is 84.4 Å². The van der Waals surface area contributed by atoms with E-state index in [0.29, 0.717) is 6.54 Å². The molecular formula is C40H37F3N2O4S. The van der Waals surface area contributed by atoms with E-state index in [1.165, 1.54) is 55.9 Å². The first-order valence-corrected chi connectivity index (χ1v) is 18.1. The van der Waals surface area contributed by atoms with Gasteiger partial charge in [0.2, 0.25) is 11.4 Å². The first-order chi connectivity index (χ1) is 23.9. The topological polar surface area (TPSA) is 90.2 Å². The van der Waals surface area contributed by atoms with E-state index in [1.807, 2.05) is 31.2 Å². The van der Waals surface area contributed by atoms with E-state index >= 15 is 0 Å². The lowest BCUT2D eigenvalue weighted by molar-refractivity contribution is -0.676. The van der Waals surface area contributed by atoms with Crippen LogP contribution < -0.4 is 9.88 Å². The van der Waals surface area contributed by atoms with Gasteiger partial charge in [-0.25, -0.2) is 8.42 Å². The Balaban J connectivity index is 0.000000485. The van der Waals surface area contributed by atoms with Gasteiger partial charge < -0.3 is 9.87 Å². The summed E-state index contributed by atoms with van der Waals surface area (Å²) in [4.78, 5) is 12.7. The van der Waals surface area contributed by atoms with Gasteiger partial charge in [-0.2, -0.15) is 17.7 Å². The number of unbranched alkanes of at least 4 members (excludes halogenated alkanes) is 1. The van der Waals surface area contributed by atoms with Crippen LogP contribution in [0.2, 0.25) is 0 Å². The number of carbonyl (C=O) groups excluding carboxylic acids is 1. The summed E-state index contributed by atoms with van der Waals surface area (Å²) in [6.45, 7) is 3.63. The quantitative estimate of drug-likeness (QED) is 0.0815. The number of carbonyl (C=O) groups is 1. The van der Waals surface area contributed by atoms with Gasteiger partial charge in [-0.05, 0) is 80.0 Å². The highest BCUT2D eigenvalue weighted by Gasteiger charge is 2.38. The second-order valence-electron chi connectivity index (χ2n) is 12.6. The smallest absolute Gasteiger partial charge is 0.485 e. The second-order valence-corrected chi connectivity index (χ2v) is 14.0. The van der Waals surface area contributed by atoms with E-state index in [4.69, 9.17) is 13.0 Å². The first kappa shape index (κ1) is 35.0. The van der Waals surface area contributed by atoms with Crippen LogP contribution in [0.15, 0.2) is 103 Å². The Bertz CT molecular complexity index is 2050. The molecule has 0 atom stereocenters. The molecule has 1 amide bonds. The standard InChI is InChI=1S/C39H36N2O.CHF3O3S/c1-27-17-19-31(20-18-27)39(42)40-25-9-10-26-41-37-32-15-7-5-11-28(32)21-23-34(37)36(30-13-3-2-4-14-30)35-24-22-29-12-6-8-16-33(29)38(35)41;2-1(3,4)8(5,6)7/h2-8,11-20H,9-10,21-26H2,1H3;(H,5,6,7). The number of hydrogen-bond acceptors (Lipinski definition) is 4. The van der Waals surface area contributed by atoms with Gasteiger partial charge in [0, 0.05) is 46.3 Å². The van der Waals surface area contributed by atoms with Crippen molar-refractivity contribution in [3.63, 3.8) is 0 Å². The fourth-order valence-electron chi connectivity index (χ4n) is 7.00. The zero-order valence-electron chi connectivity index (χ0n) is 27.6. The highest BCUT2D eigenvalue weighted by molar-refractivity contribution is 7.86. The third-order valence-electron chi connectivity index (χ3n) is 9.30. The van der Waals surface area contributed by atoms with Gasteiger partial charge in [0.1, 0.15) is 6.54 Å². The predicted molar refractivity (Wildman–Crippen MR) is 186 cm³/mol. The van der Waals surface area contributed by atoms with E-state index < -0.39 is 15.6 Å². The zero-order valence-corrected chi connectivity index (χ0v) is 28.4. The van der Waals surface area contributed by atoms with Crippen LogP contribution in [0.5, 0.6) is 0 Å². The van der Waals surface area contributed by atoms with Crippen molar-refractivity contribution in [2.45, 2.75) is 57.5 Å². The minimum atomic E-state index is -6.09. The summed E-state index contributed by atoms with van der Waals surface area (Å²) in [6.07, 6.45) is 6.17. The fraction of sp³-hybridized carbons (Fsp3) is 0.250. The number of aromatic nitrogens is 1. The van der Waals surface area contributed by atoms with Crippen molar-refractivity contribution >= 4 is 16.0 Å². The summed E-state index contributed by atoms with van der Waals surface area (Å²) < 4.78 is 61.6. The first-order valence-electron chi connectivity index (χ1n) is 16.6. The number of nitrogens with one attached hydrogen (secondary N) is 1. The van der Waals surface area contributed by atoms with Gasteiger partial charge in [0.05, 0.1) is 0 Å². The van der Waals surface area contributed by atoms with Crippen LogP contribution in [0.3, 0.4) is 0 Å². The molecule has 10 heteroatoms. The monoisotopic (exact) mass is 698 g/mol. The Morgan fingerprint density at radius 2 is 1.24 bits per heavy atom. The molecular weight excluding hydrogens is 662 g/mol. The Morgan fingerprint density at radius 3 is 1.76 bits per heavy atom. The Morgan fingerprint density at radius 1 is 0.740 bits per heavy atom. The van der Waals surface area contributed by atoms with Gasteiger partial charge in [0.15, 0.2) is 10.1 Å². The summed E-state index contributed by atoms with van der Waals surface area (Å²) in [5, 5.41) is 3.14. The van der Waals surface area contributed by atoms with Crippen molar-refractivity contribution in [1.82, 2.24) is 5.32 Å². The third-order valence-corrected chi connectivity index (χ3v) is 9.87. The molecule has 5 aromatic rings. The molecule has 0 fully saturated rings. The van der Waals surface area contributed by atoms with E-state index in [1.54, 1.807) is 0 Å². The number of fused-ring (bicyclic) bond motifs is 6. The van der Waals surface area contributed by atoms with Crippen molar-refractivity contribution in [3.8, 4) is 33.6 Å². The minimum absolute atomic E-state index is 0.00693. The van der Waals surface area contributed by atoms with E-state index in [0.717, 1.165) is 56.2 Å². The molecule has 50 heavy (non-hydrogen) atoms. The number of pyridine rings is 1. The lowest BCUT2D eigenvalue weighted by Gasteiger charge is -2.28. The summed E-state index contributed by atoms with van der Waals surface area (Å²) in [5.74, 6) is 0.00693. The van der Waals surface area contributed by atoms with Crippen LogP contribution in [0, 0.1) is 6.92 Å². The number of alkyl halides is 3. The number of rotatable bonds is 7. The molecule has 2 aliphatic rings. The van der Waals surface area contributed by atoms with Gasteiger partial charge in [-0.15, -0.1) is 0 Å². The molecule has 7 rings (SSSR count). The van der Waals surface area contributed by atoms with Crippen molar-refractivity contribution < 1.29 is 35.5 Å².